The molecule has 1 aromatic heterocycles. The lowest BCUT2D eigenvalue weighted by Crippen LogP contribution is -2.49. The summed E-state index contributed by atoms with van der Waals surface area (Å²) in [5.41, 5.74) is 6.30. The van der Waals surface area contributed by atoms with Crippen LogP contribution in [0.25, 0.3) is 10.9 Å². The Morgan fingerprint density at radius 2 is 1.87 bits per heavy atom. The molecule has 10 nitrogen and oxygen atoms in total. The third kappa shape index (κ3) is 5.04. The molecule has 0 radical (unpaired) electrons. The zero-order valence-electron chi connectivity index (χ0n) is 17.2. The van der Waals surface area contributed by atoms with Gasteiger partial charge in [-0.25, -0.2) is 18.4 Å². The third-order valence-electron chi connectivity index (χ3n) is 5.17. The predicted molar refractivity (Wildman–Crippen MR) is 114 cm³/mol. The Bertz CT molecular complexity index is 1010. The molecular formula is C19H28N6O4S. The van der Waals surface area contributed by atoms with Gasteiger partial charge < -0.3 is 16.2 Å². The number of primary amides is 1. The van der Waals surface area contributed by atoms with Crippen LogP contribution in [0.5, 0.6) is 0 Å². The fraction of sp³-hybridized carbons (Fsp3) is 0.526. The second kappa shape index (κ2) is 9.21. The topological polar surface area (TPSA) is 142 Å². The molecule has 0 unspecified atom stereocenters. The number of aromatic nitrogens is 2. The fourth-order valence-electron chi connectivity index (χ4n) is 3.47. The van der Waals surface area contributed by atoms with Crippen molar-refractivity contribution in [1.82, 2.24) is 19.2 Å². The molecule has 1 atom stereocenters. The molecule has 1 aliphatic heterocycles. The highest BCUT2D eigenvalue weighted by molar-refractivity contribution is 7.88. The van der Waals surface area contributed by atoms with Gasteiger partial charge in [-0.15, -0.1) is 0 Å². The molecule has 1 amide bonds. The highest BCUT2D eigenvalue weighted by Gasteiger charge is 2.27. The standard InChI is InChI=1S/C19H28N6O4S/c1-13(2)17(18(20)27)23-19-14-5-3-4-6-15(14)21-16(22-19)11-24-7-9-25(10-8-24)30(28,29)12-26/h3-6,13,17,26H,7-12H2,1-2H3,(H2,20,27)(H,21,22,23)/t17-/m0/s1. The Kier molecular flexibility index (Phi) is 6.86. The molecule has 4 N–H and O–H groups in total. The Hall–Kier alpha value is -2.34. The van der Waals surface area contributed by atoms with E-state index in [9.17, 15) is 13.2 Å². The Balaban J connectivity index is 1.81. The number of carbonyl (C=O) groups excluding carboxylic acids is 1. The minimum Gasteiger partial charge on any atom is -0.379 e. The quantitative estimate of drug-likeness (QED) is 0.523. The normalized spacial score (nSPS) is 17.3. The molecule has 1 saturated heterocycles. The van der Waals surface area contributed by atoms with Gasteiger partial charge in [-0.05, 0) is 18.1 Å². The van der Waals surface area contributed by atoms with Gasteiger partial charge in [-0.2, -0.15) is 4.31 Å². The van der Waals surface area contributed by atoms with Gasteiger partial charge in [0.1, 0.15) is 17.7 Å². The molecule has 0 saturated carbocycles. The number of carbonyl (C=O) groups is 1. The number of piperazine rings is 1. The van der Waals surface area contributed by atoms with Crippen LogP contribution in [0, 0.1) is 5.92 Å². The van der Waals surface area contributed by atoms with Crippen molar-refractivity contribution in [2.75, 3.05) is 37.4 Å². The van der Waals surface area contributed by atoms with Gasteiger partial charge in [0.2, 0.25) is 15.9 Å². The number of benzene rings is 1. The number of para-hydroxylation sites is 1. The third-order valence-corrected chi connectivity index (χ3v) is 6.65. The summed E-state index contributed by atoms with van der Waals surface area (Å²) in [5.74, 6) is -0.222. The molecule has 2 heterocycles. The van der Waals surface area contributed by atoms with E-state index in [1.54, 1.807) is 0 Å². The molecule has 1 aliphatic rings. The van der Waals surface area contributed by atoms with Crippen molar-refractivity contribution in [1.29, 1.82) is 0 Å². The first-order valence-corrected chi connectivity index (χ1v) is 11.4. The lowest BCUT2D eigenvalue weighted by molar-refractivity contribution is -0.119. The molecule has 30 heavy (non-hydrogen) atoms. The summed E-state index contributed by atoms with van der Waals surface area (Å²) < 4.78 is 24.9. The number of hydrogen-bond acceptors (Lipinski definition) is 8. The zero-order valence-corrected chi connectivity index (χ0v) is 18.0. The van der Waals surface area contributed by atoms with Crippen LogP contribution in [-0.2, 0) is 21.4 Å². The molecule has 3 rings (SSSR count). The van der Waals surface area contributed by atoms with Crippen LogP contribution < -0.4 is 11.1 Å². The number of nitrogens with one attached hydrogen (secondary N) is 1. The molecule has 164 valence electrons. The van der Waals surface area contributed by atoms with E-state index < -0.39 is 27.9 Å². The van der Waals surface area contributed by atoms with Crippen LogP contribution in [0.15, 0.2) is 24.3 Å². The van der Waals surface area contributed by atoms with Gasteiger partial charge in [-0.1, -0.05) is 26.0 Å². The molecular weight excluding hydrogens is 408 g/mol. The average Bonchev–Trinajstić information content (AvgIpc) is 2.71. The molecule has 1 aromatic carbocycles. The van der Waals surface area contributed by atoms with Crippen molar-refractivity contribution in [2.24, 2.45) is 11.7 Å². The second-order valence-corrected chi connectivity index (χ2v) is 9.63. The summed E-state index contributed by atoms with van der Waals surface area (Å²) in [5, 5.41) is 13.0. The number of aliphatic hydroxyl groups is 1. The minimum atomic E-state index is -3.61. The van der Waals surface area contributed by atoms with Gasteiger partial charge >= 0.3 is 0 Å². The summed E-state index contributed by atoms with van der Waals surface area (Å²) in [6.07, 6.45) is 0. The number of sulfonamides is 1. The van der Waals surface area contributed by atoms with Crippen LogP contribution in [0.2, 0.25) is 0 Å². The number of rotatable bonds is 8. The summed E-state index contributed by atoms with van der Waals surface area (Å²) in [6, 6.07) is 6.97. The van der Waals surface area contributed by atoms with E-state index in [0.717, 1.165) is 10.9 Å². The Morgan fingerprint density at radius 3 is 2.47 bits per heavy atom. The van der Waals surface area contributed by atoms with Crippen LogP contribution in [0.3, 0.4) is 0 Å². The van der Waals surface area contributed by atoms with Crippen molar-refractivity contribution in [3.05, 3.63) is 30.1 Å². The predicted octanol–water partition coefficient (Wildman–Crippen LogP) is -0.0512. The highest BCUT2D eigenvalue weighted by Crippen LogP contribution is 2.23. The van der Waals surface area contributed by atoms with Crippen molar-refractivity contribution >= 4 is 32.7 Å². The number of aliphatic hydroxyl groups excluding tert-OH is 1. The number of amides is 1. The van der Waals surface area contributed by atoms with Crippen LogP contribution in [-0.4, -0.2) is 76.8 Å². The number of hydrogen-bond donors (Lipinski definition) is 3. The Labute approximate surface area is 176 Å². The summed E-state index contributed by atoms with van der Waals surface area (Å²) >= 11 is 0. The summed E-state index contributed by atoms with van der Waals surface area (Å²) in [7, 11) is -3.61. The van der Waals surface area contributed by atoms with Gasteiger partial charge in [0.25, 0.3) is 0 Å². The van der Waals surface area contributed by atoms with Crippen molar-refractivity contribution in [2.45, 2.75) is 26.4 Å². The minimum absolute atomic E-state index is 0.0128. The SMILES string of the molecule is CC(C)[C@H](Nc1nc(CN2CCN(S(=O)(=O)CO)CC2)nc2ccccc12)C(N)=O. The van der Waals surface area contributed by atoms with Gasteiger partial charge in [0, 0.05) is 31.6 Å². The number of fused-ring (bicyclic) bond motifs is 1. The lowest BCUT2D eigenvalue weighted by atomic mass is 10.0. The first-order chi connectivity index (χ1) is 14.2. The van der Waals surface area contributed by atoms with E-state index in [-0.39, 0.29) is 5.92 Å². The largest absolute Gasteiger partial charge is 0.379 e. The van der Waals surface area contributed by atoms with Crippen LogP contribution in [0.4, 0.5) is 5.82 Å². The van der Waals surface area contributed by atoms with E-state index in [0.29, 0.717) is 44.4 Å². The van der Waals surface area contributed by atoms with Gasteiger partial charge in [0.15, 0.2) is 5.94 Å². The lowest BCUT2D eigenvalue weighted by Gasteiger charge is -2.33. The average molecular weight is 437 g/mol. The van der Waals surface area contributed by atoms with Gasteiger partial charge in [0.05, 0.1) is 12.1 Å². The molecule has 0 bridgehead atoms. The zero-order chi connectivity index (χ0) is 21.9. The van der Waals surface area contributed by atoms with Crippen molar-refractivity contribution in [3.63, 3.8) is 0 Å². The molecule has 0 aliphatic carbocycles. The van der Waals surface area contributed by atoms with E-state index in [1.807, 2.05) is 38.1 Å². The highest BCUT2D eigenvalue weighted by atomic mass is 32.2. The summed E-state index contributed by atoms with van der Waals surface area (Å²) in [4.78, 5) is 23.2. The van der Waals surface area contributed by atoms with E-state index in [1.165, 1.54) is 4.31 Å². The Morgan fingerprint density at radius 1 is 1.20 bits per heavy atom. The monoisotopic (exact) mass is 436 g/mol. The number of nitrogens with two attached hydrogens (primary N) is 1. The summed E-state index contributed by atoms with van der Waals surface area (Å²) in [6.45, 7) is 5.88. The number of anilines is 1. The maximum absolute atomic E-state index is 11.9. The second-order valence-electron chi connectivity index (χ2n) is 7.69. The van der Waals surface area contributed by atoms with Crippen molar-refractivity contribution < 1.29 is 18.3 Å². The molecule has 1 fully saturated rings. The first-order valence-electron chi connectivity index (χ1n) is 9.84. The van der Waals surface area contributed by atoms with E-state index in [2.05, 4.69) is 20.2 Å². The van der Waals surface area contributed by atoms with E-state index in [4.69, 9.17) is 10.8 Å². The van der Waals surface area contributed by atoms with Crippen LogP contribution >= 0.6 is 0 Å². The first kappa shape index (κ1) is 22.3. The van der Waals surface area contributed by atoms with Crippen LogP contribution in [0.1, 0.15) is 19.7 Å². The number of nitrogens with zero attached hydrogens (tertiary/aromatic N) is 4. The molecule has 11 heteroatoms. The maximum atomic E-state index is 11.9. The molecule has 0 spiro atoms. The van der Waals surface area contributed by atoms with Crippen molar-refractivity contribution in [3.8, 4) is 0 Å². The smallest absolute Gasteiger partial charge is 0.240 e. The van der Waals surface area contributed by atoms with Gasteiger partial charge in [-0.3, -0.25) is 9.69 Å². The maximum Gasteiger partial charge on any atom is 0.240 e. The molecule has 2 aromatic rings. The fourth-order valence-corrected chi connectivity index (χ4v) is 4.35. The van der Waals surface area contributed by atoms with E-state index >= 15 is 0 Å².